The fourth-order valence-electron chi connectivity index (χ4n) is 4.61. The Morgan fingerprint density at radius 2 is 1.64 bits per heavy atom. The zero-order valence-electron chi connectivity index (χ0n) is 18.3. The zero-order valence-corrected chi connectivity index (χ0v) is 18.3. The molecular weight excluding hydrogens is 424 g/mol. The fraction of sp³-hybridized carbons (Fsp3) is 0.400. The highest BCUT2D eigenvalue weighted by Gasteiger charge is 2.40. The molecule has 1 saturated carbocycles. The van der Waals surface area contributed by atoms with Crippen molar-refractivity contribution in [2.24, 2.45) is 0 Å². The Balaban J connectivity index is 1.16. The lowest BCUT2D eigenvalue weighted by atomic mass is 9.74. The molecule has 0 radical (unpaired) electrons. The molecule has 174 valence electrons. The lowest BCUT2D eigenvalue weighted by Crippen LogP contribution is -2.55. The Morgan fingerprint density at radius 1 is 1.00 bits per heavy atom. The molecule has 2 aromatic carbocycles. The Labute approximate surface area is 192 Å². The number of nitrogens with one attached hydrogen (secondary N) is 2. The van der Waals surface area contributed by atoms with E-state index >= 15 is 0 Å². The van der Waals surface area contributed by atoms with Gasteiger partial charge in [-0.05, 0) is 41.5 Å². The van der Waals surface area contributed by atoms with Gasteiger partial charge in [-0.1, -0.05) is 48.5 Å². The Morgan fingerprint density at radius 3 is 2.21 bits per heavy atom. The lowest BCUT2D eigenvalue weighted by Gasteiger charge is -2.41. The van der Waals surface area contributed by atoms with Crippen LogP contribution in [0.4, 0.5) is 4.79 Å². The first-order chi connectivity index (χ1) is 16.0. The van der Waals surface area contributed by atoms with Gasteiger partial charge >= 0.3 is 12.1 Å². The van der Waals surface area contributed by atoms with E-state index in [4.69, 9.17) is 14.6 Å². The van der Waals surface area contributed by atoms with E-state index in [-0.39, 0.29) is 44.6 Å². The number of amides is 2. The van der Waals surface area contributed by atoms with Gasteiger partial charge in [0, 0.05) is 12.5 Å². The summed E-state index contributed by atoms with van der Waals surface area (Å²) in [6.07, 6.45) is 1.60. The summed E-state index contributed by atoms with van der Waals surface area (Å²) in [7, 11) is 0. The molecule has 0 unspecified atom stereocenters. The molecule has 2 aromatic rings. The average Bonchev–Trinajstić information content (AvgIpc) is 3.09. The third kappa shape index (κ3) is 5.34. The minimum atomic E-state index is -0.928. The normalized spacial score (nSPS) is 15.6. The van der Waals surface area contributed by atoms with Gasteiger partial charge in [0.05, 0.1) is 18.6 Å². The summed E-state index contributed by atoms with van der Waals surface area (Å²) in [5.74, 6) is -1.28. The van der Waals surface area contributed by atoms with Crippen LogP contribution in [-0.2, 0) is 19.1 Å². The smallest absolute Gasteiger partial charge is 0.407 e. The van der Waals surface area contributed by atoms with Gasteiger partial charge in [0.1, 0.15) is 13.2 Å². The van der Waals surface area contributed by atoms with E-state index in [0.717, 1.165) is 17.5 Å². The molecule has 1 fully saturated rings. The van der Waals surface area contributed by atoms with Crippen LogP contribution in [0.25, 0.3) is 11.1 Å². The summed E-state index contributed by atoms with van der Waals surface area (Å²) in [6.45, 7) is 0.385. The van der Waals surface area contributed by atoms with E-state index in [9.17, 15) is 14.4 Å². The Kier molecular flexibility index (Phi) is 6.93. The second-order valence-electron chi connectivity index (χ2n) is 8.56. The van der Waals surface area contributed by atoms with Crippen LogP contribution in [0.2, 0.25) is 0 Å². The third-order valence-corrected chi connectivity index (χ3v) is 6.30. The van der Waals surface area contributed by atoms with Crippen molar-refractivity contribution in [2.45, 2.75) is 37.1 Å². The van der Waals surface area contributed by atoms with Gasteiger partial charge in [-0.2, -0.15) is 0 Å². The number of alkyl carbamates (subject to hydrolysis) is 1. The summed E-state index contributed by atoms with van der Waals surface area (Å²) < 4.78 is 10.8. The van der Waals surface area contributed by atoms with Crippen molar-refractivity contribution >= 4 is 18.0 Å². The van der Waals surface area contributed by atoms with Crippen LogP contribution in [-0.4, -0.2) is 55.0 Å². The predicted molar refractivity (Wildman–Crippen MR) is 121 cm³/mol. The van der Waals surface area contributed by atoms with Gasteiger partial charge in [0.25, 0.3) is 0 Å². The van der Waals surface area contributed by atoms with Gasteiger partial charge in [0.2, 0.25) is 5.91 Å². The molecule has 0 heterocycles. The molecule has 0 saturated heterocycles. The van der Waals surface area contributed by atoms with E-state index in [1.54, 1.807) is 0 Å². The molecule has 0 bridgehead atoms. The first kappa shape index (κ1) is 22.8. The monoisotopic (exact) mass is 452 g/mol. The van der Waals surface area contributed by atoms with Crippen LogP contribution in [0.5, 0.6) is 0 Å². The lowest BCUT2D eigenvalue weighted by molar-refractivity contribution is -0.141. The molecule has 0 spiro atoms. The Hall–Kier alpha value is -3.39. The number of benzene rings is 2. The average molecular weight is 453 g/mol. The highest BCUT2D eigenvalue weighted by atomic mass is 16.5. The number of carboxylic acid groups (broad SMARTS) is 1. The molecule has 4 rings (SSSR count). The molecule has 3 N–H and O–H groups in total. The second-order valence-corrected chi connectivity index (χ2v) is 8.56. The molecule has 0 atom stereocenters. The summed E-state index contributed by atoms with van der Waals surface area (Å²) in [4.78, 5) is 35.2. The van der Waals surface area contributed by atoms with Crippen molar-refractivity contribution in [3.63, 3.8) is 0 Å². The molecule has 8 heteroatoms. The van der Waals surface area contributed by atoms with Crippen molar-refractivity contribution in [1.29, 1.82) is 0 Å². The van der Waals surface area contributed by atoms with Crippen LogP contribution in [0.3, 0.4) is 0 Å². The van der Waals surface area contributed by atoms with Gasteiger partial charge in [-0.3, -0.25) is 9.59 Å². The first-order valence-corrected chi connectivity index (χ1v) is 11.2. The number of carbonyl (C=O) groups is 3. The fourth-order valence-corrected chi connectivity index (χ4v) is 4.61. The number of carbonyl (C=O) groups excluding carboxylic acids is 2. The molecular formula is C25H28N2O6. The quantitative estimate of drug-likeness (QED) is 0.478. The van der Waals surface area contributed by atoms with Gasteiger partial charge < -0.3 is 25.2 Å². The molecule has 2 amide bonds. The number of hydrogen-bond donors (Lipinski definition) is 3. The first-order valence-electron chi connectivity index (χ1n) is 11.2. The second kappa shape index (κ2) is 10.0. The van der Waals surface area contributed by atoms with Crippen molar-refractivity contribution < 1.29 is 29.0 Å². The zero-order chi connectivity index (χ0) is 23.3. The highest BCUT2D eigenvalue weighted by molar-refractivity contribution is 5.80. The number of aliphatic carboxylic acids is 1. The summed E-state index contributed by atoms with van der Waals surface area (Å²) >= 11 is 0. The van der Waals surface area contributed by atoms with Crippen LogP contribution in [0, 0.1) is 0 Å². The van der Waals surface area contributed by atoms with Crippen LogP contribution < -0.4 is 10.6 Å². The summed E-state index contributed by atoms with van der Waals surface area (Å²) in [6, 6.07) is 16.3. The van der Waals surface area contributed by atoms with E-state index in [1.807, 2.05) is 24.3 Å². The van der Waals surface area contributed by atoms with Gasteiger partial charge in [-0.25, -0.2) is 4.79 Å². The topological polar surface area (TPSA) is 114 Å². The maximum atomic E-state index is 12.1. The number of hydrogen-bond acceptors (Lipinski definition) is 5. The van der Waals surface area contributed by atoms with E-state index in [1.165, 1.54) is 11.1 Å². The molecule has 0 aliphatic heterocycles. The van der Waals surface area contributed by atoms with Crippen LogP contribution in [0.15, 0.2) is 48.5 Å². The summed E-state index contributed by atoms with van der Waals surface area (Å²) in [5, 5.41) is 14.4. The summed E-state index contributed by atoms with van der Waals surface area (Å²) in [5.41, 5.74) is 3.98. The minimum absolute atomic E-state index is 0.00674. The SMILES string of the molecule is O=C(O)CC1(NC(=O)COCCNC(=O)OCC2c3ccccc3-c3ccccc32)CCC1. The maximum Gasteiger partial charge on any atom is 0.407 e. The number of rotatable bonds is 10. The largest absolute Gasteiger partial charge is 0.481 e. The van der Waals surface area contributed by atoms with Crippen LogP contribution >= 0.6 is 0 Å². The minimum Gasteiger partial charge on any atom is -0.481 e. The number of carboxylic acids is 1. The molecule has 33 heavy (non-hydrogen) atoms. The van der Waals surface area contributed by atoms with E-state index in [2.05, 4.69) is 34.9 Å². The highest BCUT2D eigenvalue weighted by Crippen LogP contribution is 2.44. The Bertz CT molecular complexity index is 988. The van der Waals surface area contributed by atoms with Crippen molar-refractivity contribution in [3.8, 4) is 11.1 Å². The standard InChI is InChI=1S/C25H28N2O6/c28-22(27-25(10-5-11-25)14-23(29)30)16-32-13-12-26-24(31)33-15-21-19-8-3-1-6-17(19)18-7-2-4-9-20(18)21/h1-4,6-9,21H,5,10-16H2,(H,26,31)(H,27,28)(H,29,30). The van der Waals surface area contributed by atoms with Gasteiger partial charge in [-0.15, -0.1) is 0 Å². The predicted octanol–water partition coefficient (Wildman–Crippen LogP) is 3.06. The van der Waals surface area contributed by atoms with Crippen LogP contribution in [0.1, 0.15) is 42.7 Å². The number of fused-ring (bicyclic) bond motifs is 3. The third-order valence-electron chi connectivity index (χ3n) is 6.30. The molecule has 2 aliphatic rings. The van der Waals surface area contributed by atoms with Crippen molar-refractivity contribution in [3.05, 3.63) is 59.7 Å². The molecule has 0 aromatic heterocycles. The van der Waals surface area contributed by atoms with Gasteiger partial charge in [0.15, 0.2) is 0 Å². The maximum absolute atomic E-state index is 12.1. The number of ether oxygens (including phenoxy) is 2. The van der Waals surface area contributed by atoms with Crippen molar-refractivity contribution in [2.75, 3.05) is 26.4 Å². The van der Waals surface area contributed by atoms with E-state index in [0.29, 0.717) is 12.8 Å². The molecule has 2 aliphatic carbocycles. The van der Waals surface area contributed by atoms with E-state index < -0.39 is 17.6 Å². The van der Waals surface area contributed by atoms with Crippen molar-refractivity contribution in [1.82, 2.24) is 10.6 Å². The molecule has 8 nitrogen and oxygen atoms in total.